The van der Waals surface area contributed by atoms with Crippen LogP contribution in [0.15, 0.2) is 36.4 Å². The lowest BCUT2D eigenvalue weighted by Gasteiger charge is -2.45. The molecule has 0 spiro atoms. The molecule has 222 valence electrons. The Kier molecular flexibility index (Phi) is 9.15. The van der Waals surface area contributed by atoms with Gasteiger partial charge in [0.2, 0.25) is 0 Å². The molecule has 1 atom stereocenters. The maximum Gasteiger partial charge on any atom is 0.416 e. The number of hydrogen-bond donors (Lipinski definition) is 3. The van der Waals surface area contributed by atoms with E-state index in [1.165, 1.54) is 9.80 Å². The van der Waals surface area contributed by atoms with Crippen molar-refractivity contribution in [2.24, 2.45) is 5.92 Å². The second-order valence-corrected chi connectivity index (χ2v) is 10.9. The molecule has 2 aromatic rings. The fraction of sp³-hybridized carbons (Fsp3) is 0.483. The Bertz CT molecular complexity index is 1260. The maximum absolute atomic E-state index is 15.4. The highest BCUT2D eigenvalue weighted by Crippen LogP contribution is 2.42. The van der Waals surface area contributed by atoms with E-state index in [9.17, 15) is 18.0 Å². The average Bonchev–Trinajstić information content (AvgIpc) is 3.23. The number of halogens is 4. The number of anilines is 1. The molecule has 1 unspecified atom stereocenters. The van der Waals surface area contributed by atoms with E-state index < -0.39 is 29.2 Å². The minimum atomic E-state index is -4.62. The summed E-state index contributed by atoms with van der Waals surface area (Å²) >= 11 is 0. The number of nitrogens with zero attached hydrogens (tertiary/aromatic N) is 3. The van der Waals surface area contributed by atoms with Gasteiger partial charge in [-0.15, -0.1) is 0 Å². The molecule has 2 aromatic carbocycles. The Hall–Kier alpha value is -3.35. The Morgan fingerprint density at radius 3 is 2.54 bits per heavy atom. The molecule has 2 fully saturated rings. The van der Waals surface area contributed by atoms with Crippen LogP contribution >= 0.6 is 0 Å². The van der Waals surface area contributed by atoms with Crippen molar-refractivity contribution in [3.8, 4) is 0 Å². The molecule has 0 bridgehead atoms. The van der Waals surface area contributed by atoms with E-state index in [4.69, 9.17) is 20.7 Å². The molecule has 2 saturated heterocycles. The van der Waals surface area contributed by atoms with Gasteiger partial charge in [-0.25, -0.2) is 4.39 Å². The number of aliphatic hydroxyl groups excluding tert-OH is 1. The zero-order valence-electron chi connectivity index (χ0n) is 22.9. The molecule has 0 aromatic heterocycles. The summed E-state index contributed by atoms with van der Waals surface area (Å²) in [6.07, 6.45) is -4.27. The summed E-state index contributed by atoms with van der Waals surface area (Å²) in [6.45, 7) is 4.30. The molecule has 0 aliphatic carbocycles. The number of likely N-dealkylation sites (tertiary alicyclic amines) is 1. The monoisotopic (exact) mass is 577 g/mol. The highest BCUT2D eigenvalue weighted by atomic mass is 19.4. The molecule has 0 saturated carbocycles. The highest BCUT2D eigenvalue weighted by Gasteiger charge is 2.49. The van der Waals surface area contributed by atoms with Gasteiger partial charge in [-0.3, -0.25) is 15.1 Å². The second-order valence-electron chi connectivity index (χ2n) is 10.9. The predicted octanol–water partition coefficient (Wildman–Crippen LogP) is 4.09. The van der Waals surface area contributed by atoms with E-state index in [1.54, 1.807) is 37.4 Å². The van der Waals surface area contributed by atoms with Gasteiger partial charge in [-0.1, -0.05) is 12.1 Å². The summed E-state index contributed by atoms with van der Waals surface area (Å²) < 4.78 is 63.1. The van der Waals surface area contributed by atoms with Gasteiger partial charge >= 0.3 is 6.18 Å². The molecule has 12 heteroatoms. The fourth-order valence-electron chi connectivity index (χ4n) is 5.76. The molecule has 3 heterocycles. The van der Waals surface area contributed by atoms with Crippen molar-refractivity contribution in [2.45, 2.75) is 37.3 Å². The molecule has 1 amide bonds. The summed E-state index contributed by atoms with van der Waals surface area (Å²) in [7, 11) is 1.60. The van der Waals surface area contributed by atoms with Crippen LogP contribution in [0.2, 0.25) is 0 Å². The van der Waals surface area contributed by atoms with E-state index in [0.717, 1.165) is 12.4 Å². The average molecular weight is 578 g/mol. The first-order valence-corrected chi connectivity index (χ1v) is 13.3. The third-order valence-corrected chi connectivity index (χ3v) is 8.10. The van der Waals surface area contributed by atoms with E-state index >= 15 is 4.39 Å². The van der Waals surface area contributed by atoms with Crippen LogP contribution in [0.25, 0.3) is 0 Å². The topological polar surface area (TPSA) is 104 Å². The van der Waals surface area contributed by atoms with Gasteiger partial charge in [0, 0.05) is 44.5 Å². The number of aliphatic hydroxyl groups is 1. The molecule has 3 aliphatic heterocycles. The number of amides is 1. The summed E-state index contributed by atoms with van der Waals surface area (Å²) in [5, 5.41) is 21.9. The number of alkyl halides is 4. The zero-order chi connectivity index (χ0) is 29.9. The maximum atomic E-state index is 15.4. The van der Waals surface area contributed by atoms with Crippen molar-refractivity contribution in [3.05, 3.63) is 64.2 Å². The van der Waals surface area contributed by atoms with Gasteiger partial charge < -0.3 is 25.1 Å². The number of fused-ring (bicyclic) bond motifs is 1. The van der Waals surface area contributed by atoms with E-state index in [2.05, 4.69) is 6.72 Å². The number of hydrogen-bond acceptors (Lipinski definition) is 6. The van der Waals surface area contributed by atoms with Crippen LogP contribution in [-0.2, 0) is 29.4 Å². The lowest BCUT2D eigenvalue weighted by atomic mass is 9.74. The molecule has 41 heavy (non-hydrogen) atoms. The molecular weight excluding hydrogens is 542 g/mol. The normalized spacial score (nSPS) is 19.0. The fourth-order valence-corrected chi connectivity index (χ4v) is 5.76. The van der Waals surface area contributed by atoms with Crippen molar-refractivity contribution >= 4 is 24.7 Å². The second kappa shape index (κ2) is 12.3. The van der Waals surface area contributed by atoms with Gasteiger partial charge in [0.15, 0.2) is 0 Å². The summed E-state index contributed by atoms with van der Waals surface area (Å²) in [4.78, 5) is 18.2. The third-order valence-electron chi connectivity index (χ3n) is 8.10. The van der Waals surface area contributed by atoms with Crippen molar-refractivity contribution in [2.75, 3.05) is 51.4 Å². The van der Waals surface area contributed by atoms with Crippen LogP contribution < -0.4 is 4.90 Å². The van der Waals surface area contributed by atoms with Crippen LogP contribution in [0, 0.1) is 16.7 Å². The smallest absolute Gasteiger partial charge is 0.396 e. The number of ether oxygens (including phenoxy) is 1. The van der Waals surface area contributed by atoms with Crippen LogP contribution in [-0.4, -0.2) is 86.5 Å². The number of carbonyl (C=O) groups is 1. The van der Waals surface area contributed by atoms with Gasteiger partial charge in [-0.2, -0.15) is 13.2 Å². The van der Waals surface area contributed by atoms with Gasteiger partial charge in [0.1, 0.15) is 6.17 Å². The van der Waals surface area contributed by atoms with E-state index in [1.807, 2.05) is 4.90 Å². The Morgan fingerprint density at radius 1 is 1.24 bits per heavy atom. The first kappa shape index (κ1) is 30.6. The minimum absolute atomic E-state index is 0.0132. The Balaban J connectivity index is 0.00000189. The molecular formula is C29H35F4N5O3. The minimum Gasteiger partial charge on any atom is -0.396 e. The lowest BCUT2D eigenvalue weighted by Crippen LogP contribution is -2.56. The molecule has 5 rings (SSSR count). The van der Waals surface area contributed by atoms with Crippen LogP contribution in [0.1, 0.15) is 39.0 Å². The van der Waals surface area contributed by atoms with Crippen molar-refractivity contribution in [3.63, 3.8) is 0 Å². The third kappa shape index (κ3) is 6.00. The molecule has 3 N–H and O–H groups in total. The SMILES string of the molecule is C=N.CN(C=N)CC(F)C1(c2cccc(N3Cc4c(cc(CN5CC(CCO)C5)cc4C(F)(F)F)C3=O)c2)COC1. The molecule has 3 aliphatic rings. The van der Waals surface area contributed by atoms with Gasteiger partial charge in [0.25, 0.3) is 5.91 Å². The van der Waals surface area contributed by atoms with Crippen LogP contribution in [0.3, 0.4) is 0 Å². The summed E-state index contributed by atoms with van der Waals surface area (Å²) in [5.41, 5.74) is -0.357. The predicted molar refractivity (Wildman–Crippen MR) is 148 cm³/mol. The molecule has 0 radical (unpaired) electrons. The Labute approximate surface area is 236 Å². The van der Waals surface area contributed by atoms with E-state index in [0.29, 0.717) is 48.8 Å². The number of benzene rings is 2. The zero-order valence-corrected chi connectivity index (χ0v) is 22.9. The van der Waals surface area contributed by atoms with Crippen molar-refractivity contribution in [1.29, 1.82) is 10.8 Å². The first-order valence-electron chi connectivity index (χ1n) is 13.3. The number of carbonyl (C=O) groups excluding carboxylic acids is 1. The Morgan fingerprint density at radius 2 is 1.95 bits per heavy atom. The van der Waals surface area contributed by atoms with Crippen LogP contribution in [0.4, 0.5) is 23.2 Å². The highest BCUT2D eigenvalue weighted by molar-refractivity contribution is 6.10. The standard InChI is InChI=1S/C28H32F4N4O3.CH3N/c1-34(17-33)14-25(29)27(15-39-16-27)20-3-2-4-21(9-20)36-13-23-22(26(36)38)7-19(8-24(23)28(30,31)32)12-35-10-18(11-35)5-6-37;1-2/h2-4,7-9,17-18,25,33,37H,5-6,10-16H2,1H3;2H,1H2. The van der Waals surface area contributed by atoms with Gasteiger partial charge in [-0.05, 0) is 60.0 Å². The quantitative estimate of drug-likeness (QED) is 0.224. The summed E-state index contributed by atoms with van der Waals surface area (Å²) in [6, 6.07) is 9.43. The van der Waals surface area contributed by atoms with Gasteiger partial charge in [0.05, 0.1) is 43.6 Å². The summed E-state index contributed by atoms with van der Waals surface area (Å²) in [5.74, 6) is -0.190. The molecule has 8 nitrogen and oxygen atoms in total. The lowest BCUT2D eigenvalue weighted by molar-refractivity contribution is -0.138. The van der Waals surface area contributed by atoms with E-state index in [-0.39, 0.29) is 44.0 Å². The number of rotatable bonds is 10. The first-order chi connectivity index (χ1) is 19.6. The number of nitrogens with one attached hydrogen (secondary N) is 2. The van der Waals surface area contributed by atoms with Crippen LogP contribution in [0.5, 0.6) is 0 Å². The van der Waals surface area contributed by atoms with Crippen molar-refractivity contribution < 1.29 is 32.2 Å². The largest absolute Gasteiger partial charge is 0.416 e. The van der Waals surface area contributed by atoms with Crippen molar-refractivity contribution in [1.82, 2.24) is 9.80 Å².